The van der Waals surface area contributed by atoms with Crippen LogP contribution in [0.2, 0.25) is 0 Å². The molecule has 44 heavy (non-hydrogen) atoms. The van der Waals surface area contributed by atoms with Crippen molar-refractivity contribution in [2.45, 2.75) is 174 Å². The first-order valence-electron chi connectivity index (χ1n) is 19.3. The Labute approximate surface area is 276 Å². The van der Waals surface area contributed by atoms with E-state index in [4.69, 9.17) is 15.2 Å². The molecule has 0 amide bonds. The minimum absolute atomic E-state index is 0.439. The topological polar surface area (TPSA) is 44.5 Å². The van der Waals surface area contributed by atoms with Gasteiger partial charge in [-0.1, -0.05) is 140 Å². The fraction of sp³-hybridized carbons (Fsp3) is 0.805. The van der Waals surface area contributed by atoms with E-state index < -0.39 is 0 Å². The Morgan fingerprint density at radius 3 is 1.14 bits per heavy atom. The molecule has 0 unspecified atom stereocenters. The number of ether oxygens (including phenoxy) is 2. The molecule has 0 spiro atoms. The first kappa shape index (κ1) is 42.8. The van der Waals surface area contributed by atoms with Crippen LogP contribution >= 0.6 is 0 Å². The van der Waals surface area contributed by atoms with E-state index in [0.717, 1.165) is 45.7 Å². The standard InChI is InChI=1S/C41H77NO2/c1-3-5-7-9-11-13-15-17-19-21-23-25-27-29-31-33-37-43-39-41(35-36-42)40-44-38-34-32-30-28-26-24-22-20-18-16-14-12-10-8-6-4-2/h11-14,17-20,41H,3-10,15-16,21-40,42H2,1-2H3/b13-11-,14-12-,19-17-,20-18-. The van der Waals surface area contributed by atoms with Gasteiger partial charge in [-0.15, -0.1) is 0 Å². The molecule has 258 valence electrons. The summed E-state index contributed by atoms with van der Waals surface area (Å²) in [5.41, 5.74) is 5.84. The molecule has 0 aliphatic carbocycles. The number of hydrogen-bond donors (Lipinski definition) is 1. The van der Waals surface area contributed by atoms with E-state index in [1.165, 1.54) is 141 Å². The van der Waals surface area contributed by atoms with Gasteiger partial charge < -0.3 is 15.2 Å². The van der Waals surface area contributed by atoms with Crippen molar-refractivity contribution in [1.29, 1.82) is 0 Å². The van der Waals surface area contributed by atoms with E-state index in [0.29, 0.717) is 12.5 Å². The van der Waals surface area contributed by atoms with Crippen molar-refractivity contribution in [3.05, 3.63) is 48.6 Å². The molecule has 0 rings (SSSR count). The average molecular weight is 616 g/mol. The predicted octanol–water partition coefficient (Wildman–Crippen LogP) is 12.6. The quantitative estimate of drug-likeness (QED) is 0.0563. The molecular formula is C41H77NO2. The maximum absolute atomic E-state index is 6.00. The predicted molar refractivity (Wildman–Crippen MR) is 198 cm³/mol. The number of allylic oxidation sites excluding steroid dienone is 8. The highest BCUT2D eigenvalue weighted by atomic mass is 16.5. The SMILES string of the molecule is CCCCC/C=C\C/C=C\CCCCCCCCOCC(CCN)COCCCCCCCC/C=C\C/C=C\CCCCC. The zero-order valence-corrected chi connectivity index (χ0v) is 29.8. The maximum atomic E-state index is 6.00. The summed E-state index contributed by atoms with van der Waals surface area (Å²) in [6.45, 7) is 8.58. The molecule has 0 heterocycles. The van der Waals surface area contributed by atoms with Gasteiger partial charge in [-0.3, -0.25) is 0 Å². The fourth-order valence-electron chi connectivity index (χ4n) is 5.34. The molecule has 0 fully saturated rings. The van der Waals surface area contributed by atoms with Gasteiger partial charge in [-0.05, 0) is 90.0 Å². The molecule has 0 aromatic heterocycles. The van der Waals surface area contributed by atoms with Gasteiger partial charge in [0.1, 0.15) is 0 Å². The average Bonchev–Trinajstić information content (AvgIpc) is 3.03. The first-order chi connectivity index (χ1) is 21.8. The highest BCUT2D eigenvalue weighted by molar-refractivity contribution is 4.93. The molecule has 2 N–H and O–H groups in total. The summed E-state index contributed by atoms with van der Waals surface area (Å²) in [5, 5.41) is 0. The highest BCUT2D eigenvalue weighted by Gasteiger charge is 2.08. The molecule has 3 nitrogen and oxygen atoms in total. The lowest BCUT2D eigenvalue weighted by molar-refractivity contribution is 0.0345. The lowest BCUT2D eigenvalue weighted by Gasteiger charge is -2.16. The molecule has 0 aliphatic heterocycles. The smallest absolute Gasteiger partial charge is 0.0516 e. The Balaban J connectivity index is 3.47. The Kier molecular flexibility index (Phi) is 38.8. The molecule has 0 saturated carbocycles. The minimum Gasteiger partial charge on any atom is -0.381 e. The number of hydrogen-bond acceptors (Lipinski definition) is 3. The monoisotopic (exact) mass is 616 g/mol. The summed E-state index contributed by atoms with van der Waals surface area (Å²) >= 11 is 0. The van der Waals surface area contributed by atoms with Crippen LogP contribution in [0.15, 0.2) is 48.6 Å². The minimum atomic E-state index is 0.439. The maximum Gasteiger partial charge on any atom is 0.0516 e. The van der Waals surface area contributed by atoms with Crippen LogP contribution in [0.25, 0.3) is 0 Å². The van der Waals surface area contributed by atoms with Crippen LogP contribution in [0.5, 0.6) is 0 Å². The molecule has 3 heteroatoms. The molecule has 0 aromatic carbocycles. The van der Waals surface area contributed by atoms with Crippen molar-refractivity contribution in [1.82, 2.24) is 0 Å². The number of unbranched alkanes of at least 4 members (excludes halogenated alkanes) is 18. The van der Waals surface area contributed by atoms with Crippen LogP contribution in [0.4, 0.5) is 0 Å². The summed E-state index contributed by atoms with van der Waals surface area (Å²) in [4.78, 5) is 0. The summed E-state index contributed by atoms with van der Waals surface area (Å²) in [6, 6.07) is 0. The molecule has 0 saturated heterocycles. The molecule has 0 bridgehead atoms. The van der Waals surface area contributed by atoms with Gasteiger partial charge in [-0.2, -0.15) is 0 Å². The van der Waals surface area contributed by atoms with Crippen molar-refractivity contribution in [3.8, 4) is 0 Å². The van der Waals surface area contributed by atoms with Crippen molar-refractivity contribution in [2.24, 2.45) is 11.7 Å². The van der Waals surface area contributed by atoms with Crippen LogP contribution in [0, 0.1) is 5.92 Å². The van der Waals surface area contributed by atoms with Crippen LogP contribution in [0.1, 0.15) is 174 Å². The molecular weight excluding hydrogens is 538 g/mol. The van der Waals surface area contributed by atoms with E-state index in [9.17, 15) is 0 Å². The second-order valence-electron chi connectivity index (χ2n) is 12.8. The summed E-state index contributed by atoms with van der Waals surface area (Å²) in [7, 11) is 0. The van der Waals surface area contributed by atoms with E-state index in [2.05, 4.69) is 62.5 Å². The normalized spacial score (nSPS) is 12.5. The lowest BCUT2D eigenvalue weighted by atomic mass is 10.1. The van der Waals surface area contributed by atoms with Gasteiger partial charge in [0.25, 0.3) is 0 Å². The van der Waals surface area contributed by atoms with Crippen LogP contribution in [0.3, 0.4) is 0 Å². The van der Waals surface area contributed by atoms with Gasteiger partial charge in [-0.25, -0.2) is 0 Å². The van der Waals surface area contributed by atoms with Gasteiger partial charge >= 0.3 is 0 Å². The van der Waals surface area contributed by atoms with E-state index in [1.54, 1.807) is 0 Å². The Hall–Kier alpha value is -1.16. The van der Waals surface area contributed by atoms with Crippen LogP contribution in [-0.2, 0) is 9.47 Å². The van der Waals surface area contributed by atoms with Crippen LogP contribution in [-0.4, -0.2) is 33.0 Å². The number of nitrogens with two attached hydrogens (primary N) is 1. The van der Waals surface area contributed by atoms with Crippen molar-refractivity contribution in [2.75, 3.05) is 33.0 Å². The Bertz CT molecular complexity index is 587. The zero-order valence-electron chi connectivity index (χ0n) is 29.8. The third-order valence-electron chi connectivity index (χ3n) is 8.26. The van der Waals surface area contributed by atoms with E-state index >= 15 is 0 Å². The Morgan fingerprint density at radius 1 is 0.432 bits per heavy atom. The van der Waals surface area contributed by atoms with Crippen molar-refractivity contribution < 1.29 is 9.47 Å². The molecule has 0 aromatic rings. The third kappa shape index (κ3) is 37.0. The van der Waals surface area contributed by atoms with Gasteiger partial charge in [0.05, 0.1) is 13.2 Å². The second kappa shape index (κ2) is 39.9. The molecule has 0 aliphatic rings. The summed E-state index contributed by atoms with van der Waals surface area (Å²) in [5.74, 6) is 0.439. The lowest BCUT2D eigenvalue weighted by Crippen LogP contribution is -2.20. The summed E-state index contributed by atoms with van der Waals surface area (Å²) in [6.07, 6.45) is 50.5. The van der Waals surface area contributed by atoms with Gasteiger partial charge in [0.2, 0.25) is 0 Å². The van der Waals surface area contributed by atoms with Crippen LogP contribution < -0.4 is 5.73 Å². The highest BCUT2D eigenvalue weighted by Crippen LogP contribution is 2.11. The Morgan fingerprint density at radius 2 is 0.773 bits per heavy atom. The van der Waals surface area contributed by atoms with Crippen molar-refractivity contribution >= 4 is 0 Å². The zero-order chi connectivity index (χ0) is 31.9. The number of rotatable bonds is 36. The largest absolute Gasteiger partial charge is 0.381 e. The fourth-order valence-corrected chi connectivity index (χ4v) is 5.34. The van der Waals surface area contributed by atoms with E-state index in [-0.39, 0.29) is 0 Å². The third-order valence-corrected chi connectivity index (χ3v) is 8.26. The van der Waals surface area contributed by atoms with Gasteiger partial charge in [0, 0.05) is 19.1 Å². The first-order valence-corrected chi connectivity index (χ1v) is 19.3. The van der Waals surface area contributed by atoms with E-state index in [1.807, 2.05) is 0 Å². The molecule has 0 radical (unpaired) electrons. The summed E-state index contributed by atoms with van der Waals surface area (Å²) < 4.78 is 12.0. The van der Waals surface area contributed by atoms with Gasteiger partial charge in [0.15, 0.2) is 0 Å². The van der Waals surface area contributed by atoms with Crippen molar-refractivity contribution in [3.63, 3.8) is 0 Å². The second-order valence-corrected chi connectivity index (χ2v) is 12.8. The molecule has 0 atom stereocenters.